The zero-order valence-electron chi connectivity index (χ0n) is 21.5. The van der Waals surface area contributed by atoms with Crippen molar-refractivity contribution in [2.45, 2.75) is 44.4 Å². The molecule has 0 radical (unpaired) electrons. The first-order chi connectivity index (χ1) is 19.2. The highest BCUT2D eigenvalue weighted by atomic mass is 19.3. The number of carbonyl (C=O) groups excluding carboxylic acids is 2. The van der Waals surface area contributed by atoms with Crippen LogP contribution in [-0.4, -0.2) is 72.3 Å². The molecule has 4 aromatic rings. The lowest BCUT2D eigenvalue weighted by Crippen LogP contribution is -2.55. The van der Waals surface area contributed by atoms with Gasteiger partial charge in [-0.2, -0.15) is 0 Å². The normalized spacial score (nSPS) is 21.1. The summed E-state index contributed by atoms with van der Waals surface area (Å²) in [5.74, 6) is -3.68. The Morgan fingerprint density at radius 1 is 1.10 bits per heavy atom. The van der Waals surface area contributed by atoms with Crippen LogP contribution in [-0.2, 0) is 17.9 Å². The molecule has 5 heterocycles. The molecule has 2 aliphatic heterocycles. The molecule has 3 aromatic heterocycles. The molecular weight excluding hydrogens is 523 g/mol. The van der Waals surface area contributed by atoms with Crippen LogP contribution in [0.25, 0.3) is 27.7 Å². The van der Waals surface area contributed by atoms with Crippen molar-refractivity contribution in [1.29, 1.82) is 0 Å². The van der Waals surface area contributed by atoms with E-state index >= 15 is 4.39 Å². The number of aromatic nitrogens is 3. The minimum absolute atomic E-state index is 0.0105. The number of aliphatic hydroxyl groups is 1. The zero-order chi connectivity index (χ0) is 27.8. The molecule has 1 atom stereocenters. The third kappa shape index (κ3) is 3.82. The molecular formula is C29H26F3N5O3. The number of alkyl halides is 2. The van der Waals surface area contributed by atoms with E-state index in [2.05, 4.69) is 4.98 Å². The number of ketones is 1. The number of piperidine rings is 1. The molecule has 0 saturated carbocycles. The number of pyridine rings is 1. The predicted octanol–water partition coefficient (Wildman–Crippen LogP) is 4.34. The molecule has 1 saturated heterocycles. The first kappa shape index (κ1) is 24.9. The van der Waals surface area contributed by atoms with Gasteiger partial charge in [0.2, 0.25) is 0 Å². The summed E-state index contributed by atoms with van der Waals surface area (Å²) in [6.07, 6.45) is 3.82. The van der Waals surface area contributed by atoms with E-state index in [1.807, 2.05) is 39.6 Å². The van der Waals surface area contributed by atoms with E-state index in [-0.39, 0.29) is 25.4 Å². The minimum Gasteiger partial charge on any atom is -0.385 e. The van der Waals surface area contributed by atoms with E-state index in [1.54, 1.807) is 6.20 Å². The summed E-state index contributed by atoms with van der Waals surface area (Å²) < 4.78 is 46.5. The fourth-order valence-corrected chi connectivity index (χ4v) is 6.30. The van der Waals surface area contributed by atoms with Crippen molar-refractivity contribution < 1.29 is 27.9 Å². The van der Waals surface area contributed by atoms with Gasteiger partial charge in [0.25, 0.3) is 5.92 Å². The van der Waals surface area contributed by atoms with Gasteiger partial charge < -0.3 is 19.5 Å². The Kier molecular flexibility index (Phi) is 5.57. The van der Waals surface area contributed by atoms with Gasteiger partial charge in [-0.1, -0.05) is 6.07 Å². The number of fused-ring (bicyclic) bond motifs is 1. The van der Waals surface area contributed by atoms with E-state index in [4.69, 9.17) is 0 Å². The molecule has 0 spiro atoms. The number of β-amino-alcohol motifs (C(OH)–C–C–N with tert-alkyl or cyclic N) is 1. The number of urea groups is 1. The second-order valence-corrected chi connectivity index (χ2v) is 10.7. The van der Waals surface area contributed by atoms with Crippen molar-refractivity contribution >= 4 is 39.5 Å². The Labute approximate surface area is 226 Å². The topological polar surface area (TPSA) is 83.1 Å². The van der Waals surface area contributed by atoms with E-state index in [9.17, 15) is 23.5 Å². The third-order valence-electron chi connectivity index (χ3n) is 8.31. The van der Waals surface area contributed by atoms with Crippen molar-refractivity contribution in [3.63, 3.8) is 0 Å². The summed E-state index contributed by atoms with van der Waals surface area (Å²) >= 11 is 0. The van der Waals surface area contributed by atoms with Crippen LogP contribution in [0.3, 0.4) is 0 Å². The maximum atomic E-state index is 15.1. The van der Waals surface area contributed by atoms with Crippen LogP contribution in [0.4, 0.5) is 18.0 Å². The number of nitrogens with zero attached hydrogens (tertiary/aromatic N) is 5. The number of carbonyl (C=O) groups is 2. The molecule has 2 amide bonds. The molecule has 3 aliphatic rings. The van der Waals surface area contributed by atoms with Crippen molar-refractivity contribution in [2.75, 3.05) is 19.6 Å². The summed E-state index contributed by atoms with van der Waals surface area (Å²) in [6, 6.07) is 8.02. The molecule has 1 aliphatic carbocycles. The zero-order valence-corrected chi connectivity index (χ0v) is 21.5. The van der Waals surface area contributed by atoms with Gasteiger partial charge in [0, 0.05) is 67.9 Å². The molecule has 8 nitrogen and oxygen atoms in total. The fraction of sp³-hybridized carbons (Fsp3) is 0.345. The number of likely N-dealkylation sites (tertiary alicyclic amines) is 1. The van der Waals surface area contributed by atoms with Crippen molar-refractivity contribution in [3.8, 4) is 0 Å². The monoisotopic (exact) mass is 549 g/mol. The third-order valence-corrected chi connectivity index (χ3v) is 8.31. The van der Waals surface area contributed by atoms with Crippen LogP contribution in [0, 0.1) is 5.82 Å². The van der Waals surface area contributed by atoms with Gasteiger partial charge in [-0.15, -0.1) is 0 Å². The lowest BCUT2D eigenvalue weighted by Gasteiger charge is -2.38. The SMILES string of the molecule is O=C1CCC(c2cn3c4c(cc(F)cc24)CN(C(=O)N2CCC(F)(F)C(O)C2)CC3)=C1c1cnc2ccccn12. The Bertz CT molecular complexity index is 1740. The van der Waals surface area contributed by atoms with Crippen LogP contribution in [0.5, 0.6) is 0 Å². The quantitative estimate of drug-likeness (QED) is 0.403. The van der Waals surface area contributed by atoms with Crippen LogP contribution < -0.4 is 0 Å². The smallest absolute Gasteiger partial charge is 0.320 e. The molecule has 0 bridgehead atoms. The van der Waals surface area contributed by atoms with Crippen LogP contribution in [0.15, 0.2) is 48.9 Å². The maximum absolute atomic E-state index is 15.1. The first-order valence-corrected chi connectivity index (χ1v) is 13.3. The maximum Gasteiger partial charge on any atom is 0.320 e. The lowest BCUT2D eigenvalue weighted by molar-refractivity contribution is -0.141. The van der Waals surface area contributed by atoms with E-state index in [1.165, 1.54) is 21.9 Å². The molecule has 40 heavy (non-hydrogen) atoms. The van der Waals surface area contributed by atoms with Crippen molar-refractivity contribution in [2.24, 2.45) is 0 Å². The van der Waals surface area contributed by atoms with Gasteiger partial charge in [-0.3, -0.25) is 9.20 Å². The summed E-state index contributed by atoms with van der Waals surface area (Å²) in [5, 5.41) is 10.5. The van der Waals surface area contributed by atoms with Gasteiger partial charge in [0.1, 0.15) is 17.6 Å². The average molecular weight is 550 g/mol. The van der Waals surface area contributed by atoms with E-state index in [0.29, 0.717) is 41.6 Å². The van der Waals surface area contributed by atoms with Crippen LogP contribution >= 0.6 is 0 Å². The van der Waals surface area contributed by atoms with Gasteiger partial charge in [-0.05, 0) is 41.8 Å². The molecule has 1 fully saturated rings. The van der Waals surface area contributed by atoms with Gasteiger partial charge >= 0.3 is 6.03 Å². The largest absolute Gasteiger partial charge is 0.385 e. The summed E-state index contributed by atoms with van der Waals surface area (Å²) in [4.78, 5) is 33.6. The van der Waals surface area contributed by atoms with Crippen molar-refractivity contribution in [1.82, 2.24) is 23.8 Å². The predicted molar refractivity (Wildman–Crippen MR) is 141 cm³/mol. The second kappa shape index (κ2) is 8.95. The molecule has 1 N–H and O–H groups in total. The number of Topliss-reactive ketones (excluding diaryl/α,β-unsaturated/α-hetero) is 1. The Morgan fingerprint density at radius 2 is 1.95 bits per heavy atom. The Balaban J connectivity index is 1.28. The molecule has 11 heteroatoms. The number of hydrogen-bond donors (Lipinski definition) is 1. The number of allylic oxidation sites excluding steroid dienone is 2. The second-order valence-electron chi connectivity index (χ2n) is 10.7. The highest BCUT2D eigenvalue weighted by molar-refractivity contribution is 6.31. The highest BCUT2D eigenvalue weighted by Gasteiger charge is 2.45. The Morgan fingerprint density at radius 3 is 2.77 bits per heavy atom. The summed E-state index contributed by atoms with van der Waals surface area (Å²) in [5.41, 5.74) is 5.00. The molecule has 1 unspecified atom stereocenters. The van der Waals surface area contributed by atoms with E-state index in [0.717, 1.165) is 22.3 Å². The first-order valence-electron chi connectivity index (χ1n) is 13.3. The van der Waals surface area contributed by atoms with Gasteiger partial charge in [0.05, 0.1) is 24.0 Å². The summed E-state index contributed by atoms with van der Waals surface area (Å²) in [6.45, 7) is 0.158. The number of hydrogen-bond acceptors (Lipinski definition) is 4. The minimum atomic E-state index is -3.22. The van der Waals surface area contributed by atoms with Crippen LogP contribution in [0.2, 0.25) is 0 Å². The van der Waals surface area contributed by atoms with Crippen molar-refractivity contribution in [3.05, 3.63) is 71.6 Å². The lowest BCUT2D eigenvalue weighted by atomic mass is 9.98. The molecule has 7 rings (SSSR count). The number of rotatable bonds is 2. The number of imidazole rings is 1. The van der Waals surface area contributed by atoms with E-state index < -0.39 is 36.8 Å². The summed E-state index contributed by atoms with van der Waals surface area (Å²) in [7, 11) is 0. The number of benzene rings is 1. The number of aliphatic hydroxyl groups excluding tert-OH is 1. The van der Waals surface area contributed by atoms with Crippen LogP contribution in [0.1, 0.15) is 36.1 Å². The molecule has 1 aromatic carbocycles. The number of halogens is 3. The fourth-order valence-electron chi connectivity index (χ4n) is 6.30. The average Bonchev–Trinajstić information content (AvgIpc) is 3.58. The van der Waals surface area contributed by atoms with Gasteiger partial charge in [0.15, 0.2) is 5.78 Å². The standard InChI is InChI=1S/C29H26F3N5O3/c30-18-11-17-14-36(28(40)35-8-6-29(31,32)24(39)16-35)10-9-34-15-21(20(12-18)27(17)34)19-4-5-23(38)26(19)22-13-33-25-3-1-2-7-37(22)25/h1-3,7,11-13,15,24,39H,4-6,8-10,14,16H2. The molecule has 206 valence electrons. The van der Waals surface area contributed by atoms with Gasteiger partial charge in [-0.25, -0.2) is 22.9 Å². The highest BCUT2D eigenvalue weighted by Crippen LogP contribution is 2.42. The Hall–Kier alpha value is -4.12. The number of amides is 2.